The summed E-state index contributed by atoms with van der Waals surface area (Å²) in [7, 11) is 0. The van der Waals surface area contributed by atoms with Gasteiger partial charge in [0.25, 0.3) is 0 Å². The fraction of sp³-hybridized carbons (Fsp3) is 0.267. The summed E-state index contributed by atoms with van der Waals surface area (Å²) in [5, 5.41) is 10.3. The van der Waals surface area contributed by atoms with Crippen LogP contribution in [0.15, 0.2) is 48.3 Å². The highest BCUT2D eigenvalue weighted by atomic mass is 15.1. The second kappa shape index (κ2) is 6.17. The molecule has 0 aliphatic carbocycles. The summed E-state index contributed by atoms with van der Waals surface area (Å²) < 4.78 is 0. The molecule has 1 heterocycles. The molecule has 0 spiro atoms. The van der Waals surface area contributed by atoms with E-state index in [1.54, 1.807) is 0 Å². The first-order chi connectivity index (χ1) is 8.75. The first kappa shape index (κ1) is 12.6. The van der Waals surface area contributed by atoms with Crippen molar-refractivity contribution in [2.75, 3.05) is 6.54 Å². The minimum Gasteiger partial charge on any atom is -0.306 e. The zero-order chi connectivity index (χ0) is 12.8. The van der Waals surface area contributed by atoms with E-state index in [-0.39, 0.29) is 0 Å². The number of nitrogens with one attached hydrogen (secondary N) is 2. The zero-order valence-electron chi connectivity index (χ0n) is 10.9. The number of benzene rings is 1. The van der Waals surface area contributed by atoms with Crippen molar-refractivity contribution in [3.05, 3.63) is 59.4 Å². The van der Waals surface area contributed by atoms with E-state index in [4.69, 9.17) is 0 Å². The summed E-state index contributed by atoms with van der Waals surface area (Å²) >= 11 is 0. The molecule has 1 atom stereocenters. The molecule has 0 saturated heterocycles. The van der Waals surface area contributed by atoms with Crippen LogP contribution in [-0.2, 0) is 0 Å². The predicted molar refractivity (Wildman–Crippen MR) is 75.1 cm³/mol. The average molecular weight is 241 g/mol. The van der Waals surface area contributed by atoms with E-state index in [1.165, 1.54) is 16.7 Å². The van der Waals surface area contributed by atoms with Gasteiger partial charge in [-0.3, -0.25) is 5.10 Å². The molecule has 2 rings (SSSR count). The first-order valence-electron chi connectivity index (χ1n) is 6.20. The van der Waals surface area contributed by atoms with E-state index in [9.17, 15) is 0 Å². The van der Waals surface area contributed by atoms with Gasteiger partial charge >= 0.3 is 0 Å². The van der Waals surface area contributed by atoms with Gasteiger partial charge < -0.3 is 5.32 Å². The quantitative estimate of drug-likeness (QED) is 0.844. The smallest absolute Gasteiger partial charge is 0.0534 e. The summed E-state index contributed by atoms with van der Waals surface area (Å²) in [6, 6.07) is 10.7. The lowest BCUT2D eigenvalue weighted by Gasteiger charge is -2.12. The van der Waals surface area contributed by atoms with Crippen LogP contribution >= 0.6 is 0 Å². The van der Waals surface area contributed by atoms with Crippen molar-refractivity contribution in [3.8, 4) is 0 Å². The van der Waals surface area contributed by atoms with Crippen LogP contribution in [0, 0.1) is 0 Å². The summed E-state index contributed by atoms with van der Waals surface area (Å²) in [6.07, 6.45) is 5.98. The number of aromatic nitrogens is 2. The van der Waals surface area contributed by atoms with Gasteiger partial charge in [-0.1, -0.05) is 42.0 Å². The summed E-state index contributed by atoms with van der Waals surface area (Å²) in [5.41, 5.74) is 3.74. The maximum atomic E-state index is 3.96. The number of rotatable bonds is 5. The van der Waals surface area contributed by atoms with Gasteiger partial charge in [-0.05, 0) is 19.4 Å². The van der Waals surface area contributed by atoms with Crippen LogP contribution in [0.1, 0.15) is 31.0 Å². The van der Waals surface area contributed by atoms with Crippen LogP contribution in [0.4, 0.5) is 0 Å². The number of hydrogen-bond donors (Lipinski definition) is 2. The molecule has 0 aliphatic heterocycles. The minimum atomic E-state index is 0.308. The molecule has 2 aromatic rings. The summed E-state index contributed by atoms with van der Waals surface area (Å²) in [5.74, 6) is 0. The molecule has 0 aliphatic rings. The minimum absolute atomic E-state index is 0.308. The van der Waals surface area contributed by atoms with E-state index in [1.807, 2.05) is 18.5 Å². The summed E-state index contributed by atoms with van der Waals surface area (Å²) in [6.45, 7) is 5.16. The Balaban J connectivity index is 1.89. The molecule has 0 fully saturated rings. The van der Waals surface area contributed by atoms with Crippen molar-refractivity contribution >= 4 is 6.08 Å². The fourth-order valence-corrected chi connectivity index (χ4v) is 1.81. The lowest BCUT2D eigenvalue weighted by Crippen LogP contribution is -2.20. The normalized spacial score (nSPS) is 13.6. The van der Waals surface area contributed by atoms with Crippen LogP contribution in [0.5, 0.6) is 0 Å². The molecular weight excluding hydrogens is 222 g/mol. The molecule has 94 valence electrons. The lowest BCUT2D eigenvalue weighted by molar-refractivity contribution is 0.608. The third kappa shape index (κ3) is 3.57. The Morgan fingerprint density at radius 1 is 1.39 bits per heavy atom. The molecular formula is C15H19N3. The van der Waals surface area contributed by atoms with Crippen LogP contribution in [0.3, 0.4) is 0 Å². The first-order valence-corrected chi connectivity index (χ1v) is 6.20. The average Bonchev–Trinajstić information content (AvgIpc) is 2.91. The molecule has 0 radical (unpaired) electrons. The fourth-order valence-electron chi connectivity index (χ4n) is 1.81. The Morgan fingerprint density at radius 3 is 2.83 bits per heavy atom. The van der Waals surface area contributed by atoms with E-state index in [0.717, 1.165) is 6.54 Å². The van der Waals surface area contributed by atoms with E-state index in [0.29, 0.717) is 6.04 Å². The molecule has 0 bridgehead atoms. The number of nitrogens with zero attached hydrogens (tertiary/aromatic N) is 1. The van der Waals surface area contributed by atoms with Crippen LogP contribution in [-0.4, -0.2) is 16.7 Å². The largest absolute Gasteiger partial charge is 0.306 e. The van der Waals surface area contributed by atoms with Crippen molar-refractivity contribution in [2.24, 2.45) is 0 Å². The van der Waals surface area contributed by atoms with Crippen molar-refractivity contribution in [1.29, 1.82) is 0 Å². The van der Waals surface area contributed by atoms with Crippen molar-refractivity contribution < 1.29 is 0 Å². The van der Waals surface area contributed by atoms with E-state index < -0.39 is 0 Å². The third-order valence-electron chi connectivity index (χ3n) is 2.92. The number of hydrogen-bond acceptors (Lipinski definition) is 2. The van der Waals surface area contributed by atoms with Crippen LogP contribution < -0.4 is 5.32 Å². The molecule has 18 heavy (non-hydrogen) atoms. The second-order valence-electron chi connectivity index (χ2n) is 4.54. The van der Waals surface area contributed by atoms with Crippen molar-refractivity contribution in [3.63, 3.8) is 0 Å². The Hall–Kier alpha value is -1.87. The predicted octanol–water partition coefficient (Wildman–Crippen LogP) is 3.16. The Bertz CT molecular complexity index is 486. The molecule has 0 amide bonds. The monoisotopic (exact) mass is 241 g/mol. The molecule has 0 saturated carbocycles. The van der Waals surface area contributed by atoms with Gasteiger partial charge in [-0.2, -0.15) is 5.10 Å². The standard InChI is InChI=1S/C15H19N3/c1-12(8-14-6-4-3-5-7-14)9-16-13(2)15-10-17-18-11-15/h3-8,10-11,13,16H,9H2,1-2H3,(H,17,18). The molecule has 1 aromatic heterocycles. The maximum absolute atomic E-state index is 3.96. The Morgan fingerprint density at radius 2 is 2.17 bits per heavy atom. The topological polar surface area (TPSA) is 40.7 Å². The zero-order valence-corrected chi connectivity index (χ0v) is 10.9. The highest BCUT2D eigenvalue weighted by molar-refractivity contribution is 5.52. The lowest BCUT2D eigenvalue weighted by atomic mass is 10.1. The van der Waals surface area contributed by atoms with Gasteiger partial charge in [0, 0.05) is 24.3 Å². The number of aromatic amines is 1. The highest BCUT2D eigenvalue weighted by Crippen LogP contribution is 2.10. The SMILES string of the molecule is CC(=Cc1ccccc1)CNC(C)c1cn[nH]c1. The van der Waals surface area contributed by atoms with Crippen molar-refractivity contribution in [2.45, 2.75) is 19.9 Å². The number of H-pyrrole nitrogens is 1. The summed E-state index contributed by atoms with van der Waals surface area (Å²) in [4.78, 5) is 0. The van der Waals surface area contributed by atoms with Gasteiger partial charge in [0.05, 0.1) is 6.20 Å². The van der Waals surface area contributed by atoms with Crippen molar-refractivity contribution in [1.82, 2.24) is 15.5 Å². The molecule has 1 aromatic carbocycles. The van der Waals surface area contributed by atoms with E-state index in [2.05, 4.69) is 59.7 Å². The van der Waals surface area contributed by atoms with E-state index >= 15 is 0 Å². The van der Waals surface area contributed by atoms with Crippen LogP contribution in [0.2, 0.25) is 0 Å². The molecule has 3 heteroatoms. The molecule has 2 N–H and O–H groups in total. The molecule has 3 nitrogen and oxygen atoms in total. The Kier molecular flexibility index (Phi) is 4.31. The van der Waals surface area contributed by atoms with Gasteiger partial charge in [0.15, 0.2) is 0 Å². The molecule has 1 unspecified atom stereocenters. The van der Waals surface area contributed by atoms with Gasteiger partial charge in [0.1, 0.15) is 0 Å². The van der Waals surface area contributed by atoms with Crippen LogP contribution in [0.25, 0.3) is 6.08 Å². The highest BCUT2D eigenvalue weighted by Gasteiger charge is 2.04. The Labute approximate surface area is 108 Å². The third-order valence-corrected chi connectivity index (χ3v) is 2.92. The maximum Gasteiger partial charge on any atom is 0.0534 e. The second-order valence-corrected chi connectivity index (χ2v) is 4.54. The van der Waals surface area contributed by atoms with Gasteiger partial charge in [-0.15, -0.1) is 0 Å². The van der Waals surface area contributed by atoms with Gasteiger partial charge in [-0.25, -0.2) is 0 Å². The van der Waals surface area contributed by atoms with Gasteiger partial charge in [0.2, 0.25) is 0 Å².